The third-order valence-corrected chi connectivity index (χ3v) is 3.35. The minimum Gasteiger partial charge on any atom is -0.463 e. The van der Waals surface area contributed by atoms with Crippen molar-refractivity contribution in [3.63, 3.8) is 0 Å². The van der Waals surface area contributed by atoms with Gasteiger partial charge >= 0.3 is 5.97 Å². The molecular weight excluding hydrogens is 216 g/mol. The maximum Gasteiger partial charge on any atom is 0.336 e. The van der Waals surface area contributed by atoms with Gasteiger partial charge in [-0.25, -0.2) is 4.79 Å². The highest BCUT2D eigenvalue weighted by molar-refractivity contribution is 5.91. The highest BCUT2D eigenvalue weighted by Crippen LogP contribution is 2.37. The molecular formula is C14H20O3. The first-order chi connectivity index (χ1) is 8.15. The fraction of sp³-hybridized carbons (Fsp3) is 0.643. The van der Waals surface area contributed by atoms with Crippen LogP contribution < -0.4 is 0 Å². The summed E-state index contributed by atoms with van der Waals surface area (Å²) in [7, 11) is 0. The van der Waals surface area contributed by atoms with Crippen molar-refractivity contribution < 1.29 is 14.3 Å². The Kier molecular flexibility index (Phi) is 3.67. The summed E-state index contributed by atoms with van der Waals surface area (Å²) in [4.78, 5) is 11.9. The van der Waals surface area contributed by atoms with Crippen molar-refractivity contribution in [3.8, 4) is 0 Å². The van der Waals surface area contributed by atoms with Gasteiger partial charge in [-0.1, -0.05) is 18.2 Å². The van der Waals surface area contributed by atoms with Crippen LogP contribution in [0.15, 0.2) is 23.8 Å². The number of carbonyl (C=O) groups is 1. The van der Waals surface area contributed by atoms with E-state index in [1.807, 2.05) is 13.8 Å². The van der Waals surface area contributed by atoms with Crippen LogP contribution in [0, 0.1) is 5.92 Å². The van der Waals surface area contributed by atoms with Crippen molar-refractivity contribution in [1.82, 2.24) is 0 Å². The molecule has 2 atom stereocenters. The van der Waals surface area contributed by atoms with E-state index in [9.17, 15) is 4.79 Å². The first-order valence-corrected chi connectivity index (χ1v) is 6.34. The van der Waals surface area contributed by atoms with Crippen LogP contribution in [0.5, 0.6) is 0 Å². The van der Waals surface area contributed by atoms with Gasteiger partial charge < -0.3 is 9.47 Å². The molecule has 17 heavy (non-hydrogen) atoms. The van der Waals surface area contributed by atoms with Crippen LogP contribution >= 0.6 is 0 Å². The topological polar surface area (TPSA) is 38.8 Å². The minimum atomic E-state index is -0.395. The van der Waals surface area contributed by atoms with Crippen molar-refractivity contribution >= 4 is 5.97 Å². The van der Waals surface area contributed by atoms with E-state index in [4.69, 9.17) is 9.47 Å². The lowest BCUT2D eigenvalue weighted by molar-refractivity contribution is -0.139. The lowest BCUT2D eigenvalue weighted by Crippen LogP contribution is -2.22. The second-order valence-corrected chi connectivity index (χ2v) is 4.86. The van der Waals surface area contributed by atoms with E-state index in [2.05, 4.69) is 18.2 Å². The Bertz CT molecular complexity index is 350. The summed E-state index contributed by atoms with van der Waals surface area (Å²) in [5, 5.41) is 0. The van der Waals surface area contributed by atoms with Gasteiger partial charge in [-0.2, -0.15) is 0 Å². The van der Waals surface area contributed by atoms with Gasteiger partial charge in [0, 0.05) is 0 Å². The lowest BCUT2D eigenvalue weighted by atomic mass is 9.89. The summed E-state index contributed by atoms with van der Waals surface area (Å²) < 4.78 is 10.5. The van der Waals surface area contributed by atoms with Crippen LogP contribution in [-0.4, -0.2) is 24.8 Å². The Morgan fingerprint density at radius 1 is 1.59 bits per heavy atom. The normalized spacial score (nSPS) is 32.4. The van der Waals surface area contributed by atoms with E-state index in [0.717, 1.165) is 19.3 Å². The molecule has 1 aliphatic carbocycles. The van der Waals surface area contributed by atoms with E-state index in [1.54, 1.807) is 0 Å². The molecule has 0 amide bonds. The number of carbonyl (C=O) groups excluding carboxylic acids is 1. The van der Waals surface area contributed by atoms with Crippen LogP contribution in [-0.2, 0) is 14.3 Å². The number of allylic oxidation sites excluding steroid dienone is 3. The third-order valence-electron chi connectivity index (χ3n) is 3.35. The van der Waals surface area contributed by atoms with Crippen LogP contribution in [0.2, 0.25) is 0 Å². The first kappa shape index (κ1) is 12.4. The second-order valence-electron chi connectivity index (χ2n) is 4.86. The molecule has 1 heterocycles. The molecule has 3 heteroatoms. The minimum absolute atomic E-state index is 0.220. The maximum absolute atomic E-state index is 11.9. The zero-order chi connectivity index (χ0) is 12.3. The van der Waals surface area contributed by atoms with Gasteiger partial charge in [0.1, 0.15) is 5.60 Å². The summed E-state index contributed by atoms with van der Waals surface area (Å²) in [6, 6.07) is 0. The number of epoxide rings is 1. The number of ether oxygens (including phenoxy) is 2. The highest BCUT2D eigenvalue weighted by Gasteiger charge is 2.47. The molecule has 0 aromatic heterocycles. The average Bonchev–Trinajstić information content (AvgIpc) is 3.07. The Hall–Kier alpha value is -1.09. The molecule has 0 radical (unpaired) electrons. The number of hydrogen-bond acceptors (Lipinski definition) is 3. The fourth-order valence-corrected chi connectivity index (χ4v) is 2.14. The van der Waals surface area contributed by atoms with Gasteiger partial charge in [0.15, 0.2) is 0 Å². The van der Waals surface area contributed by atoms with Gasteiger partial charge in [-0.05, 0) is 39.0 Å². The lowest BCUT2D eigenvalue weighted by Gasteiger charge is -2.17. The quantitative estimate of drug-likeness (QED) is 0.326. The molecule has 0 saturated carbocycles. The van der Waals surface area contributed by atoms with Crippen LogP contribution in [0.1, 0.15) is 33.1 Å². The SMILES string of the molecule is CCOC(=O)/C(=C\C1CC=CCC1)C1(C)CO1. The van der Waals surface area contributed by atoms with Crippen molar-refractivity contribution in [3.05, 3.63) is 23.8 Å². The molecule has 2 aliphatic rings. The van der Waals surface area contributed by atoms with Crippen LogP contribution in [0.4, 0.5) is 0 Å². The third kappa shape index (κ3) is 2.97. The van der Waals surface area contributed by atoms with E-state index >= 15 is 0 Å². The Morgan fingerprint density at radius 3 is 2.88 bits per heavy atom. The Labute approximate surface area is 102 Å². The molecule has 2 unspecified atom stereocenters. The van der Waals surface area contributed by atoms with Crippen molar-refractivity contribution in [1.29, 1.82) is 0 Å². The van der Waals surface area contributed by atoms with Crippen molar-refractivity contribution in [2.75, 3.05) is 13.2 Å². The van der Waals surface area contributed by atoms with Gasteiger partial charge in [0.05, 0.1) is 18.8 Å². The van der Waals surface area contributed by atoms with E-state index in [1.165, 1.54) is 0 Å². The largest absolute Gasteiger partial charge is 0.463 e. The Balaban J connectivity index is 2.12. The predicted molar refractivity (Wildman–Crippen MR) is 65.6 cm³/mol. The van der Waals surface area contributed by atoms with Crippen LogP contribution in [0.25, 0.3) is 0 Å². The van der Waals surface area contributed by atoms with Crippen LogP contribution in [0.3, 0.4) is 0 Å². The molecule has 0 bridgehead atoms. The maximum atomic E-state index is 11.9. The Morgan fingerprint density at radius 2 is 2.35 bits per heavy atom. The van der Waals surface area contributed by atoms with E-state index in [0.29, 0.717) is 24.7 Å². The number of hydrogen-bond donors (Lipinski definition) is 0. The highest BCUT2D eigenvalue weighted by atomic mass is 16.6. The second kappa shape index (κ2) is 5.05. The fourth-order valence-electron chi connectivity index (χ4n) is 2.14. The molecule has 0 aromatic rings. The average molecular weight is 236 g/mol. The first-order valence-electron chi connectivity index (χ1n) is 6.34. The molecule has 0 spiro atoms. The van der Waals surface area contributed by atoms with Crippen molar-refractivity contribution in [2.45, 2.75) is 38.7 Å². The zero-order valence-corrected chi connectivity index (χ0v) is 10.6. The molecule has 1 saturated heterocycles. The summed E-state index contributed by atoms with van der Waals surface area (Å²) in [6.07, 6.45) is 9.66. The summed E-state index contributed by atoms with van der Waals surface area (Å²) in [6.45, 7) is 4.82. The monoisotopic (exact) mass is 236 g/mol. The smallest absolute Gasteiger partial charge is 0.336 e. The van der Waals surface area contributed by atoms with Gasteiger partial charge in [-0.3, -0.25) is 0 Å². The zero-order valence-electron chi connectivity index (χ0n) is 10.6. The predicted octanol–water partition coefficient (Wildman–Crippen LogP) is 2.62. The molecule has 3 nitrogen and oxygen atoms in total. The summed E-state index contributed by atoms with van der Waals surface area (Å²) >= 11 is 0. The van der Waals surface area contributed by atoms with Gasteiger partial charge in [-0.15, -0.1) is 0 Å². The molecule has 94 valence electrons. The van der Waals surface area contributed by atoms with Gasteiger partial charge in [0.25, 0.3) is 0 Å². The van der Waals surface area contributed by atoms with Gasteiger partial charge in [0.2, 0.25) is 0 Å². The van der Waals surface area contributed by atoms with E-state index < -0.39 is 5.60 Å². The standard InChI is InChI=1S/C14H20O3/c1-3-16-13(15)12(14(2)10-17-14)9-11-7-5-4-6-8-11/h4-5,9,11H,3,6-8,10H2,1-2H3/b12-9+. The number of esters is 1. The summed E-state index contributed by atoms with van der Waals surface area (Å²) in [5.41, 5.74) is 0.313. The number of rotatable bonds is 4. The van der Waals surface area contributed by atoms with Crippen molar-refractivity contribution in [2.24, 2.45) is 5.92 Å². The molecule has 1 aliphatic heterocycles. The van der Waals surface area contributed by atoms with E-state index in [-0.39, 0.29) is 5.97 Å². The molecule has 2 rings (SSSR count). The molecule has 0 aromatic carbocycles. The summed E-state index contributed by atoms with van der Waals surface area (Å²) in [5.74, 6) is 0.225. The molecule has 1 fully saturated rings. The molecule has 0 N–H and O–H groups in total.